The van der Waals surface area contributed by atoms with Gasteiger partial charge in [0, 0.05) is 16.8 Å². The van der Waals surface area contributed by atoms with E-state index in [0.717, 1.165) is 29.1 Å². The van der Waals surface area contributed by atoms with Crippen LogP contribution in [0.25, 0.3) is 11.4 Å². The number of H-pyrrole nitrogens is 1. The Morgan fingerprint density at radius 1 is 1.29 bits per heavy atom. The van der Waals surface area contributed by atoms with Crippen molar-refractivity contribution in [2.24, 2.45) is 0 Å². The highest BCUT2D eigenvalue weighted by Gasteiger charge is 2.05. The molecule has 88 valence electrons. The van der Waals surface area contributed by atoms with Gasteiger partial charge in [-0.1, -0.05) is 42.9 Å². The Bertz CT molecular complexity index is 599. The van der Waals surface area contributed by atoms with Gasteiger partial charge in [0.1, 0.15) is 10.5 Å². The van der Waals surface area contributed by atoms with Crippen LogP contribution < -0.4 is 0 Å². The zero-order valence-electron chi connectivity index (χ0n) is 10.4. The van der Waals surface area contributed by atoms with Crippen molar-refractivity contribution in [3.8, 4) is 11.4 Å². The average Bonchev–Trinajstić information content (AvgIpc) is 2.28. The van der Waals surface area contributed by atoms with E-state index in [-0.39, 0.29) is 0 Å². The second-order valence-electron chi connectivity index (χ2n) is 4.22. The van der Waals surface area contributed by atoms with Crippen LogP contribution in [0.2, 0.25) is 0 Å². The first-order valence-electron chi connectivity index (χ1n) is 5.78. The van der Waals surface area contributed by atoms with E-state index in [4.69, 9.17) is 12.2 Å². The molecular formula is C14H16N2S. The molecule has 2 rings (SSSR count). The first-order chi connectivity index (χ1) is 8.11. The summed E-state index contributed by atoms with van der Waals surface area (Å²) in [6.07, 6.45) is 0.919. The van der Waals surface area contributed by atoms with Crippen LogP contribution in [0.1, 0.15) is 23.7 Å². The minimum Gasteiger partial charge on any atom is -0.343 e. The molecule has 0 bridgehead atoms. The molecule has 0 aliphatic rings. The molecule has 2 aromatic rings. The summed E-state index contributed by atoms with van der Waals surface area (Å²) in [6.45, 7) is 6.22. The topological polar surface area (TPSA) is 28.7 Å². The first-order valence-corrected chi connectivity index (χ1v) is 6.19. The molecule has 0 atom stereocenters. The minimum atomic E-state index is 0.709. The summed E-state index contributed by atoms with van der Waals surface area (Å²) in [7, 11) is 0. The lowest BCUT2D eigenvalue weighted by atomic mass is 10.1. The van der Waals surface area contributed by atoms with Gasteiger partial charge in [0.2, 0.25) is 0 Å². The zero-order valence-corrected chi connectivity index (χ0v) is 11.2. The summed E-state index contributed by atoms with van der Waals surface area (Å²) in [5.41, 5.74) is 4.56. The number of rotatable bonds is 2. The molecule has 0 saturated heterocycles. The van der Waals surface area contributed by atoms with Gasteiger partial charge < -0.3 is 4.98 Å². The van der Waals surface area contributed by atoms with Crippen LogP contribution in [0.5, 0.6) is 0 Å². The van der Waals surface area contributed by atoms with Crippen LogP contribution in [-0.4, -0.2) is 9.97 Å². The summed E-state index contributed by atoms with van der Waals surface area (Å²) in [5, 5.41) is 0. The highest BCUT2D eigenvalue weighted by molar-refractivity contribution is 7.71. The number of hydrogen-bond donors (Lipinski definition) is 1. The molecule has 1 aromatic heterocycles. The molecule has 1 aromatic carbocycles. The van der Waals surface area contributed by atoms with E-state index in [9.17, 15) is 0 Å². The quantitative estimate of drug-likeness (QED) is 0.809. The van der Waals surface area contributed by atoms with Crippen LogP contribution in [0.3, 0.4) is 0 Å². The van der Waals surface area contributed by atoms with Crippen molar-refractivity contribution in [1.82, 2.24) is 9.97 Å². The van der Waals surface area contributed by atoms with E-state index in [1.807, 2.05) is 12.1 Å². The third-order valence-electron chi connectivity index (χ3n) is 2.88. The van der Waals surface area contributed by atoms with Crippen molar-refractivity contribution in [2.75, 3.05) is 0 Å². The van der Waals surface area contributed by atoms with E-state index < -0.39 is 0 Å². The molecule has 17 heavy (non-hydrogen) atoms. The molecule has 1 heterocycles. The fraction of sp³-hybridized carbons (Fsp3) is 0.286. The van der Waals surface area contributed by atoms with Crippen molar-refractivity contribution in [1.29, 1.82) is 0 Å². The SMILES string of the molecule is CCc1c(C)[nH]c(-c2cccc(C)c2)nc1=S. The molecule has 0 aliphatic heterocycles. The maximum Gasteiger partial charge on any atom is 0.139 e. The normalized spacial score (nSPS) is 10.5. The van der Waals surface area contributed by atoms with Crippen molar-refractivity contribution >= 4 is 12.2 Å². The molecule has 2 nitrogen and oxygen atoms in total. The summed E-state index contributed by atoms with van der Waals surface area (Å²) >= 11 is 5.33. The van der Waals surface area contributed by atoms with Gasteiger partial charge in [0.15, 0.2) is 0 Å². The van der Waals surface area contributed by atoms with Crippen molar-refractivity contribution in [2.45, 2.75) is 27.2 Å². The molecular weight excluding hydrogens is 228 g/mol. The smallest absolute Gasteiger partial charge is 0.139 e. The fourth-order valence-electron chi connectivity index (χ4n) is 1.96. The molecule has 0 fully saturated rings. The highest BCUT2D eigenvalue weighted by atomic mass is 32.1. The summed E-state index contributed by atoms with van der Waals surface area (Å²) in [4.78, 5) is 7.81. The Labute approximate surface area is 107 Å². The Hall–Kier alpha value is -1.48. The lowest BCUT2D eigenvalue weighted by Crippen LogP contribution is -1.99. The molecule has 0 amide bonds. The highest BCUT2D eigenvalue weighted by Crippen LogP contribution is 2.18. The Morgan fingerprint density at radius 3 is 2.65 bits per heavy atom. The molecule has 3 heteroatoms. The second-order valence-corrected chi connectivity index (χ2v) is 4.60. The monoisotopic (exact) mass is 244 g/mol. The number of aromatic nitrogens is 2. The Kier molecular flexibility index (Phi) is 3.38. The summed E-state index contributed by atoms with van der Waals surface area (Å²) < 4.78 is 0.709. The lowest BCUT2D eigenvalue weighted by molar-refractivity contribution is 0.989. The molecule has 0 unspecified atom stereocenters. The van der Waals surface area contributed by atoms with E-state index in [1.54, 1.807) is 0 Å². The maximum absolute atomic E-state index is 5.33. The van der Waals surface area contributed by atoms with Gasteiger partial charge in [-0.3, -0.25) is 0 Å². The van der Waals surface area contributed by atoms with E-state index in [1.165, 1.54) is 5.56 Å². The molecule has 0 radical (unpaired) electrons. The number of aromatic amines is 1. The van der Waals surface area contributed by atoms with Gasteiger partial charge in [0.25, 0.3) is 0 Å². The van der Waals surface area contributed by atoms with Crippen LogP contribution >= 0.6 is 12.2 Å². The van der Waals surface area contributed by atoms with Gasteiger partial charge in [-0.15, -0.1) is 0 Å². The lowest BCUT2D eigenvalue weighted by Gasteiger charge is -2.08. The molecule has 1 N–H and O–H groups in total. The predicted octanol–water partition coefficient (Wildman–Crippen LogP) is 3.99. The van der Waals surface area contributed by atoms with Crippen LogP contribution in [0.15, 0.2) is 24.3 Å². The predicted molar refractivity (Wildman–Crippen MR) is 73.7 cm³/mol. The number of nitrogens with one attached hydrogen (secondary N) is 1. The second kappa shape index (κ2) is 4.80. The number of nitrogens with zero attached hydrogens (tertiary/aromatic N) is 1. The average molecular weight is 244 g/mol. The van der Waals surface area contributed by atoms with Gasteiger partial charge >= 0.3 is 0 Å². The van der Waals surface area contributed by atoms with Gasteiger partial charge in [-0.25, -0.2) is 4.98 Å². The molecule has 0 saturated carbocycles. The van der Waals surface area contributed by atoms with Crippen LogP contribution in [0, 0.1) is 18.5 Å². The number of benzene rings is 1. The van der Waals surface area contributed by atoms with Crippen molar-refractivity contribution < 1.29 is 0 Å². The van der Waals surface area contributed by atoms with E-state index in [0.29, 0.717) is 4.64 Å². The van der Waals surface area contributed by atoms with Crippen LogP contribution in [0.4, 0.5) is 0 Å². The maximum atomic E-state index is 5.33. The largest absolute Gasteiger partial charge is 0.343 e. The summed E-state index contributed by atoms with van der Waals surface area (Å²) in [6, 6.07) is 8.27. The van der Waals surface area contributed by atoms with E-state index in [2.05, 4.69) is 42.9 Å². The standard InChI is InChI=1S/C14H16N2S/c1-4-12-10(3)15-13(16-14(12)17)11-7-5-6-9(2)8-11/h5-8H,4H2,1-3H3,(H,15,16,17). The third kappa shape index (κ3) is 2.44. The van der Waals surface area contributed by atoms with Gasteiger partial charge in [0.05, 0.1) is 0 Å². The van der Waals surface area contributed by atoms with Gasteiger partial charge in [-0.05, 0) is 26.3 Å². The van der Waals surface area contributed by atoms with Crippen LogP contribution in [-0.2, 0) is 6.42 Å². The number of hydrogen-bond acceptors (Lipinski definition) is 2. The van der Waals surface area contributed by atoms with Crippen molar-refractivity contribution in [3.63, 3.8) is 0 Å². The Morgan fingerprint density at radius 2 is 2.06 bits per heavy atom. The van der Waals surface area contributed by atoms with E-state index >= 15 is 0 Å². The molecule has 0 aliphatic carbocycles. The van der Waals surface area contributed by atoms with Crippen molar-refractivity contribution in [3.05, 3.63) is 45.7 Å². The third-order valence-corrected chi connectivity index (χ3v) is 3.21. The zero-order chi connectivity index (χ0) is 12.4. The molecule has 0 spiro atoms. The minimum absolute atomic E-state index is 0.709. The first kappa shape index (κ1) is 12.0. The van der Waals surface area contributed by atoms with Gasteiger partial charge in [-0.2, -0.15) is 0 Å². The fourth-order valence-corrected chi connectivity index (χ4v) is 2.34. The number of aryl methyl sites for hydroxylation is 2. The Balaban J connectivity index is 2.58. The summed E-state index contributed by atoms with van der Waals surface area (Å²) in [5.74, 6) is 0.855.